The number of nitrogens with two attached hydrogens (primary N) is 1. The number of benzene rings is 2. The van der Waals surface area contributed by atoms with Crippen molar-refractivity contribution >= 4 is 21.4 Å². The highest BCUT2D eigenvalue weighted by Crippen LogP contribution is 2.23. The predicted molar refractivity (Wildman–Crippen MR) is 87.0 cm³/mol. The Bertz CT molecular complexity index is 768. The third-order valence-electron chi connectivity index (χ3n) is 3.43. The lowest BCUT2D eigenvalue weighted by molar-refractivity contribution is 0.601. The molecule has 0 heterocycles. The fourth-order valence-corrected chi connectivity index (χ4v) is 3.36. The van der Waals surface area contributed by atoms with Crippen LogP contribution in [0.2, 0.25) is 0 Å². The summed E-state index contributed by atoms with van der Waals surface area (Å²) in [5, 5.41) is 0. The predicted octanol–water partition coefficient (Wildman–Crippen LogP) is 3.25. The Morgan fingerprint density at radius 1 is 1.10 bits per heavy atom. The van der Waals surface area contributed by atoms with E-state index in [1.165, 1.54) is 6.07 Å². The van der Waals surface area contributed by atoms with Crippen LogP contribution < -0.4 is 10.5 Å². The smallest absolute Gasteiger partial charge is 0.261 e. The van der Waals surface area contributed by atoms with Crippen LogP contribution in [0.1, 0.15) is 23.6 Å². The van der Waals surface area contributed by atoms with Crippen molar-refractivity contribution in [3.63, 3.8) is 0 Å². The van der Waals surface area contributed by atoms with E-state index < -0.39 is 10.0 Å². The summed E-state index contributed by atoms with van der Waals surface area (Å²) >= 11 is 0. The van der Waals surface area contributed by atoms with E-state index in [0.29, 0.717) is 11.4 Å². The molecule has 2 aromatic carbocycles. The standard InChI is InChI=1S/C16H20N2O2S/c1-4-13-6-7-14(10-15(13)17)21(19,20)18-16-8-5-11(2)9-12(16)3/h5-10,18H,4,17H2,1-3H3. The minimum atomic E-state index is -3.63. The summed E-state index contributed by atoms with van der Waals surface area (Å²) < 4.78 is 27.5. The molecule has 0 aliphatic carbocycles. The van der Waals surface area contributed by atoms with Crippen LogP contribution in [-0.2, 0) is 16.4 Å². The second-order valence-corrected chi connectivity index (χ2v) is 6.82. The zero-order valence-corrected chi connectivity index (χ0v) is 13.3. The third kappa shape index (κ3) is 3.36. The van der Waals surface area contributed by atoms with Gasteiger partial charge in [0.05, 0.1) is 10.6 Å². The molecule has 0 aliphatic heterocycles. The van der Waals surface area contributed by atoms with Gasteiger partial charge in [-0.3, -0.25) is 4.72 Å². The molecular formula is C16H20N2O2S. The molecule has 0 saturated carbocycles. The molecule has 5 heteroatoms. The summed E-state index contributed by atoms with van der Waals surface area (Å²) in [6.45, 7) is 5.82. The summed E-state index contributed by atoms with van der Waals surface area (Å²) in [6, 6.07) is 10.4. The molecule has 4 nitrogen and oxygen atoms in total. The summed E-state index contributed by atoms with van der Waals surface area (Å²) in [5.74, 6) is 0. The number of aryl methyl sites for hydroxylation is 3. The summed E-state index contributed by atoms with van der Waals surface area (Å²) in [5.41, 5.74) is 9.88. The van der Waals surface area contributed by atoms with Crippen molar-refractivity contribution in [3.8, 4) is 0 Å². The first-order valence-electron chi connectivity index (χ1n) is 6.82. The average Bonchev–Trinajstić information content (AvgIpc) is 2.42. The van der Waals surface area contributed by atoms with Crippen LogP contribution in [0, 0.1) is 13.8 Å². The van der Waals surface area contributed by atoms with Crippen LogP contribution in [0.3, 0.4) is 0 Å². The highest BCUT2D eigenvalue weighted by molar-refractivity contribution is 7.92. The van der Waals surface area contributed by atoms with E-state index in [4.69, 9.17) is 5.73 Å². The molecule has 3 N–H and O–H groups in total. The molecular weight excluding hydrogens is 284 g/mol. The van der Waals surface area contributed by atoms with Crippen molar-refractivity contribution in [2.24, 2.45) is 0 Å². The molecule has 2 aromatic rings. The van der Waals surface area contributed by atoms with Gasteiger partial charge in [-0.1, -0.05) is 30.7 Å². The molecule has 2 rings (SSSR count). The number of nitrogens with one attached hydrogen (secondary N) is 1. The zero-order valence-electron chi connectivity index (χ0n) is 12.5. The van der Waals surface area contributed by atoms with Gasteiger partial charge in [-0.15, -0.1) is 0 Å². The van der Waals surface area contributed by atoms with Gasteiger partial charge in [0.15, 0.2) is 0 Å². The topological polar surface area (TPSA) is 72.2 Å². The van der Waals surface area contributed by atoms with E-state index in [-0.39, 0.29) is 4.90 Å². The van der Waals surface area contributed by atoms with Gasteiger partial charge < -0.3 is 5.73 Å². The molecule has 0 bridgehead atoms. The maximum atomic E-state index is 12.4. The quantitative estimate of drug-likeness (QED) is 0.852. The van der Waals surface area contributed by atoms with Crippen LogP contribution in [0.25, 0.3) is 0 Å². The van der Waals surface area contributed by atoms with E-state index in [2.05, 4.69) is 4.72 Å². The van der Waals surface area contributed by atoms with Crippen molar-refractivity contribution in [1.82, 2.24) is 0 Å². The van der Waals surface area contributed by atoms with Gasteiger partial charge in [-0.25, -0.2) is 8.42 Å². The zero-order chi connectivity index (χ0) is 15.6. The summed E-state index contributed by atoms with van der Waals surface area (Å²) in [4.78, 5) is 0.178. The summed E-state index contributed by atoms with van der Waals surface area (Å²) in [6.07, 6.45) is 0.774. The Kier molecular flexibility index (Phi) is 4.23. The molecule has 0 atom stereocenters. The van der Waals surface area contributed by atoms with Crippen LogP contribution in [0.15, 0.2) is 41.3 Å². The molecule has 0 aliphatic rings. The van der Waals surface area contributed by atoms with Crippen molar-refractivity contribution in [2.45, 2.75) is 32.1 Å². The molecule has 0 radical (unpaired) electrons. The van der Waals surface area contributed by atoms with Crippen LogP contribution in [0.4, 0.5) is 11.4 Å². The molecule has 0 spiro atoms. The molecule has 21 heavy (non-hydrogen) atoms. The average molecular weight is 304 g/mol. The van der Waals surface area contributed by atoms with E-state index in [0.717, 1.165) is 23.1 Å². The van der Waals surface area contributed by atoms with Crippen molar-refractivity contribution in [3.05, 3.63) is 53.1 Å². The number of sulfonamides is 1. The van der Waals surface area contributed by atoms with Gasteiger partial charge in [-0.2, -0.15) is 0 Å². The van der Waals surface area contributed by atoms with E-state index in [1.54, 1.807) is 18.2 Å². The van der Waals surface area contributed by atoms with Gasteiger partial charge in [0, 0.05) is 5.69 Å². The first-order valence-corrected chi connectivity index (χ1v) is 8.30. The lowest BCUT2D eigenvalue weighted by atomic mass is 10.1. The molecule has 112 valence electrons. The second kappa shape index (κ2) is 5.77. The second-order valence-electron chi connectivity index (χ2n) is 5.14. The molecule has 0 fully saturated rings. The third-order valence-corrected chi connectivity index (χ3v) is 4.80. The lowest BCUT2D eigenvalue weighted by Gasteiger charge is -2.12. The normalized spacial score (nSPS) is 11.4. The van der Waals surface area contributed by atoms with Gasteiger partial charge in [0.2, 0.25) is 0 Å². The van der Waals surface area contributed by atoms with Crippen LogP contribution in [0.5, 0.6) is 0 Å². The van der Waals surface area contributed by atoms with Crippen molar-refractivity contribution in [1.29, 1.82) is 0 Å². The minimum Gasteiger partial charge on any atom is -0.398 e. The maximum absolute atomic E-state index is 12.4. The summed E-state index contributed by atoms with van der Waals surface area (Å²) in [7, 11) is -3.63. The minimum absolute atomic E-state index is 0.178. The van der Waals surface area contributed by atoms with Gasteiger partial charge in [0.25, 0.3) is 10.0 Å². The molecule has 0 saturated heterocycles. The lowest BCUT2D eigenvalue weighted by Crippen LogP contribution is -2.14. The largest absolute Gasteiger partial charge is 0.398 e. The van der Waals surface area contributed by atoms with Crippen LogP contribution >= 0.6 is 0 Å². The molecule has 0 aromatic heterocycles. The fourth-order valence-electron chi connectivity index (χ4n) is 2.19. The highest BCUT2D eigenvalue weighted by atomic mass is 32.2. The SMILES string of the molecule is CCc1ccc(S(=O)(=O)Nc2ccc(C)cc2C)cc1N. The highest BCUT2D eigenvalue weighted by Gasteiger charge is 2.16. The van der Waals surface area contributed by atoms with Gasteiger partial charge in [0.1, 0.15) is 0 Å². The fraction of sp³-hybridized carbons (Fsp3) is 0.250. The van der Waals surface area contributed by atoms with Gasteiger partial charge >= 0.3 is 0 Å². The number of hydrogen-bond donors (Lipinski definition) is 2. The monoisotopic (exact) mass is 304 g/mol. The Morgan fingerprint density at radius 2 is 1.81 bits per heavy atom. The Balaban J connectivity index is 2.36. The van der Waals surface area contributed by atoms with Crippen LogP contribution in [-0.4, -0.2) is 8.42 Å². The first-order chi connectivity index (χ1) is 9.83. The number of rotatable bonds is 4. The molecule has 0 amide bonds. The Labute approximate surface area is 126 Å². The van der Waals surface area contributed by atoms with Crippen molar-refractivity contribution in [2.75, 3.05) is 10.5 Å². The number of hydrogen-bond acceptors (Lipinski definition) is 3. The van der Waals surface area contributed by atoms with Gasteiger partial charge in [-0.05, 0) is 49.6 Å². The number of anilines is 2. The van der Waals surface area contributed by atoms with E-state index in [9.17, 15) is 8.42 Å². The van der Waals surface area contributed by atoms with E-state index in [1.807, 2.05) is 32.9 Å². The van der Waals surface area contributed by atoms with Crippen molar-refractivity contribution < 1.29 is 8.42 Å². The Hall–Kier alpha value is -2.01. The van der Waals surface area contributed by atoms with E-state index >= 15 is 0 Å². The first kappa shape index (κ1) is 15.4. The maximum Gasteiger partial charge on any atom is 0.261 e. The number of nitrogen functional groups attached to an aromatic ring is 1. The molecule has 0 unspecified atom stereocenters. The Morgan fingerprint density at radius 3 is 2.38 bits per heavy atom.